The van der Waals surface area contributed by atoms with Crippen molar-refractivity contribution in [1.29, 1.82) is 0 Å². The van der Waals surface area contributed by atoms with E-state index >= 15 is 4.39 Å². The predicted molar refractivity (Wildman–Crippen MR) is 131 cm³/mol. The Kier molecular flexibility index (Phi) is 6.04. The quantitative estimate of drug-likeness (QED) is 0.394. The molecular weight excluding hydrogens is 436 g/mol. The van der Waals surface area contributed by atoms with E-state index in [-0.39, 0.29) is 22.8 Å². The summed E-state index contributed by atoms with van der Waals surface area (Å²) in [6, 6.07) is 8.99. The van der Waals surface area contributed by atoms with E-state index in [4.69, 9.17) is 0 Å². The fraction of sp³-hybridized carbons (Fsp3) is 0.333. The molecule has 0 radical (unpaired) electrons. The first-order valence-corrected chi connectivity index (χ1v) is 11.8. The van der Waals surface area contributed by atoms with Crippen molar-refractivity contribution in [1.82, 2.24) is 9.47 Å². The van der Waals surface area contributed by atoms with Crippen LogP contribution in [0.5, 0.6) is 0 Å². The summed E-state index contributed by atoms with van der Waals surface area (Å²) in [4.78, 5) is 30.5. The van der Waals surface area contributed by atoms with E-state index in [9.17, 15) is 14.0 Å². The van der Waals surface area contributed by atoms with Gasteiger partial charge in [-0.05, 0) is 55.3 Å². The number of allylic oxidation sites excluding steroid dienone is 1. The zero-order valence-electron chi connectivity index (χ0n) is 19.1. The Hall–Kier alpha value is -3.32. The minimum absolute atomic E-state index is 0.0153. The first kappa shape index (κ1) is 22.5. The largest absolute Gasteiger partial charge is 0.367 e. The van der Waals surface area contributed by atoms with E-state index in [2.05, 4.69) is 11.8 Å². The van der Waals surface area contributed by atoms with Crippen LogP contribution in [0.3, 0.4) is 0 Å². The number of benzene rings is 2. The minimum Gasteiger partial charge on any atom is -0.367 e. The van der Waals surface area contributed by atoms with Crippen LogP contribution < -0.4 is 10.3 Å². The molecule has 34 heavy (non-hydrogen) atoms. The topological polar surface area (TPSA) is 45.6 Å². The molecule has 1 aliphatic carbocycles. The van der Waals surface area contributed by atoms with Gasteiger partial charge in [0.25, 0.3) is 0 Å². The van der Waals surface area contributed by atoms with E-state index in [0.717, 1.165) is 45.6 Å². The molecule has 0 atom stereocenters. The monoisotopic (exact) mass is 463 g/mol. The maximum Gasteiger partial charge on any atom is 0.200 e. The molecule has 5 nitrogen and oxygen atoms in total. The molecule has 2 aromatic carbocycles. The second kappa shape index (κ2) is 9.14. The molecule has 0 spiro atoms. The van der Waals surface area contributed by atoms with E-state index in [1.807, 2.05) is 9.47 Å². The van der Waals surface area contributed by atoms with Crippen molar-refractivity contribution >= 4 is 28.4 Å². The van der Waals surface area contributed by atoms with Crippen LogP contribution >= 0.6 is 0 Å². The third kappa shape index (κ3) is 4.40. The van der Waals surface area contributed by atoms with Gasteiger partial charge in [-0.2, -0.15) is 0 Å². The zero-order chi connectivity index (χ0) is 23.8. The predicted octanol–water partition coefficient (Wildman–Crippen LogP) is 4.65. The Bertz CT molecular complexity index is 1320. The van der Waals surface area contributed by atoms with Crippen LogP contribution in [-0.4, -0.2) is 48.0 Å². The molecule has 2 aliphatic rings. The summed E-state index contributed by atoms with van der Waals surface area (Å²) < 4.78 is 30.3. The van der Waals surface area contributed by atoms with Gasteiger partial charge in [-0.15, -0.1) is 0 Å². The Morgan fingerprint density at radius 2 is 1.76 bits per heavy atom. The van der Waals surface area contributed by atoms with Gasteiger partial charge in [0.1, 0.15) is 11.6 Å². The Balaban J connectivity index is 1.52. The van der Waals surface area contributed by atoms with Crippen molar-refractivity contribution in [2.24, 2.45) is 0 Å². The highest BCUT2D eigenvalue weighted by Crippen LogP contribution is 2.38. The second-order valence-electron chi connectivity index (χ2n) is 9.00. The Labute approximate surface area is 196 Å². The molecule has 7 heteroatoms. The lowest BCUT2D eigenvalue weighted by atomic mass is 10.1. The van der Waals surface area contributed by atoms with E-state index in [0.29, 0.717) is 16.8 Å². The van der Waals surface area contributed by atoms with Gasteiger partial charge in [0, 0.05) is 43.8 Å². The van der Waals surface area contributed by atoms with E-state index in [1.54, 1.807) is 30.5 Å². The summed E-state index contributed by atoms with van der Waals surface area (Å²) in [6.07, 6.45) is 6.39. The molecule has 1 saturated heterocycles. The van der Waals surface area contributed by atoms with Crippen LogP contribution in [0.15, 0.2) is 53.5 Å². The fourth-order valence-corrected chi connectivity index (χ4v) is 4.57. The number of hydrogen-bond acceptors (Lipinski definition) is 4. The molecule has 1 aliphatic heterocycles. The minimum atomic E-state index is -0.470. The number of pyridine rings is 1. The standard InChI is InChI=1S/C27H27F2N3O2/c1-2-30-11-13-31(14-12-30)25-16-24-21(15-23(25)29)27(34)22(17-32(24)20-8-9-20)26(33)10-5-18-3-6-19(28)7-4-18/h3-7,10,15-17,20H,2,8-9,11-14H2,1H3. The highest BCUT2D eigenvalue weighted by molar-refractivity contribution is 6.08. The first-order valence-electron chi connectivity index (χ1n) is 11.8. The van der Waals surface area contributed by atoms with Gasteiger partial charge in [-0.1, -0.05) is 25.1 Å². The SMILES string of the molecule is CCN1CCN(c2cc3c(cc2F)c(=O)c(C(=O)C=Cc2ccc(F)cc2)cn3C2CC2)CC1. The summed E-state index contributed by atoms with van der Waals surface area (Å²) in [5.74, 6) is -1.26. The number of carbonyl (C=O) groups excluding carboxylic acids is 1. The van der Waals surface area contributed by atoms with Crippen molar-refractivity contribution in [3.8, 4) is 0 Å². The third-order valence-corrected chi connectivity index (χ3v) is 6.76. The molecule has 0 unspecified atom stereocenters. The van der Waals surface area contributed by atoms with Crippen LogP contribution in [0.1, 0.15) is 41.7 Å². The second-order valence-corrected chi connectivity index (χ2v) is 9.00. The lowest BCUT2D eigenvalue weighted by Gasteiger charge is -2.35. The van der Waals surface area contributed by atoms with Crippen LogP contribution in [0, 0.1) is 11.6 Å². The number of halogens is 2. The lowest BCUT2D eigenvalue weighted by molar-refractivity contribution is 0.104. The summed E-state index contributed by atoms with van der Waals surface area (Å²) in [5, 5.41) is 0.223. The van der Waals surface area contributed by atoms with Gasteiger partial charge in [0.2, 0.25) is 5.43 Å². The summed E-state index contributed by atoms with van der Waals surface area (Å²) >= 11 is 0. The van der Waals surface area contributed by atoms with Crippen molar-refractivity contribution in [2.75, 3.05) is 37.6 Å². The molecular formula is C27H27F2N3O2. The summed E-state index contributed by atoms with van der Waals surface area (Å²) in [6.45, 7) is 6.30. The van der Waals surface area contributed by atoms with Gasteiger partial charge >= 0.3 is 0 Å². The molecule has 1 aromatic heterocycles. The van der Waals surface area contributed by atoms with Crippen molar-refractivity contribution in [3.05, 3.63) is 81.7 Å². The lowest BCUT2D eigenvalue weighted by Crippen LogP contribution is -2.46. The molecule has 3 aromatic rings. The zero-order valence-corrected chi connectivity index (χ0v) is 19.1. The number of fused-ring (bicyclic) bond motifs is 1. The maximum atomic E-state index is 15.2. The van der Waals surface area contributed by atoms with Gasteiger partial charge in [-0.3, -0.25) is 9.59 Å². The normalized spacial score (nSPS) is 17.1. The van der Waals surface area contributed by atoms with Crippen molar-refractivity contribution < 1.29 is 13.6 Å². The number of likely N-dealkylation sites (N-methyl/N-ethyl adjacent to an activating group) is 1. The number of piperazine rings is 1. The van der Waals surface area contributed by atoms with Crippen LogP contribution in [0.2, 0.25) is 0 Å². The summed E-state index contributed by atoms with van der Waals surface area (Å²) in [7, 11) is 0. The number of rotatable bonds is 6. The Morgan fingerprint density at radius 3 is 2.41 bits per heavy atom. The highest BCUT2D eigenvalue weighted by Gasteiger charge is 2.28. The van der Waals surface area contributed by atoms with Gasteiger partial charge in [0.05, 0.1) is 16.8 Å². The average Bonchev–Trinajstić information content (AvgIpc) is 3.69. The first-order chi connectivity index (χ1) is 16.4. The van der Waals surface area contributed by atoms with Crippen LogP contribution in [-0.2, 0) is 0 Å². The number of nitrogens with zero attached hydrogens (tertiary/aromatic N) is 3. The molecule has 5 rings (SSSR count). The van der Waals surface area contributed by atoms with Crippen LogP contribution in [0.25, 0.3) is 17.0 Å². The van der Waals surface area contributed by atoms with Crippen LogP contribution in [0.4, 0.5) is 14.5 Å². The van der Waals surface area contributed by atoms with Gasteiger partial charge < -0.3 is 14.4 Å². The average molecular weight is 464 g/mol. The number of hydrogen-bond donors (Lipinski definition) is 0. The maximum absolute atomic E-state index is 15.2. The number of carbonyl (C=O) groups is 1. The molecule has 0 N–H and O–H groups in total. The molecule has 2 fully saturated rings. The number of aromatic nitrogens is 1. The van der Waals surface area contributed by atoms with E-state index < -0.39 is 17.0 Å². The number of ketones is 1. The van der Waals surface area contributed by atoms with Crippen molar-refractivity contribution in [3.63, 3.8) is 0 Å². The Morgan fingerprint density at radius 1 is 1.06 bits per heavy atom. The third-order valence-electron chi connectivity index (χ3n) is 6.76. The van der Waals surface area contributed by atoms with Gasteiger partial charge in [0.15, 0.2) is 5.78 Å². The van der Waals surface area contributed by atoms with Crippen molar-refractivity contribution in [2.45, 2.75) is 25.8 Å². The summed E-state index contributed by atoms with van der Waals surface area (Å²) in [5.41, 5.74) is 1.37. The van der Waals surface area contributed by atoms with Gasteiger partial charge in [-0.25, -0.2) is 8.78 Å². The fourth-order valence-electron chi connectivity index (χ4n) is 4.57. The molecule has 2 heterocycles. The highest BCUT2D eigenvalue weighted by atomic mass is 19.1. The van der Waals surface area contributed by atoms with E-state index in [1.165, 1.54) is 24.3 Å². The smallest absolute Gasteiger partial charge is 0.200 e. The molecule has 176 valence electrons. The molecule has 0 bridgehead atoms. The molecule has 1 saturated carbocycles. The number of anilines is 1. The molecule has 0 amide bonds.